The maximum Gasteiger partial charge on any atom is 0.191 e. The van der Waals surface area contributed by atoms with Crippen molar-refractivity contribution in [3.8, 4) is 0 Å². The zero-order valence-electron chi connectivity index (χ0n) is 15.7. The Morgan fingerprint density at radius 1 is 1.28 bits per heavy atom. The maximum atomic E-state index is 5.92. The molecule has 1 aromatic carbocycles. The lowest BCUT2D eigenvalue weighted by atomic mass is 9.57. The summed E-state index contributed by atoms with van der Waals surface area (Å²) < 4.78 is 5.92. The Balaban J connectivity index is 1.44. The Morgan fingerprint density at radius 3 is 2.96 bits per heavy atom. The lowest BCUT2D eigenvalue weighted by molar-refractivity contribution is -0.106. The van der Waals surface area contributed by atoms with Gasteiger partial charge in [-0.3, -0.25) is 4.99 Å². The third kappa shape index (κ3) is 2.95. The van der Waals surface area contributed by atoms with Crippen LogP contribution in [0.1, 0.15) is 50.7 Å². The molecule has 1 heterocycles. The summed E-state index contributed by atoms with van der Waals surface area (Å²) in [5.74, 6) is 2.16. The summed E-state index contributed by atoms with van der Waals surface area (Å²) in [6, 6.07) is 9.29. The molecular formula is C21H31N3O. The van der Waals surface area contributed by atoms with Crippen molar-refractivity contribution in [2.45, 2.75) is 58.1 Å². The molecule has 2 fully saturated rings. The highest BCUT2D eigenvalue weighted by Gasteiger charge is 2.59. The van der Waals surface area contributed by atoms with Crippen molar-refractivity contribution in [1.29, 1.82) is 0 Å². The monoisotopic (exact) mass is 341 g/mol. The number of hydrogen-bond acceptors (Lipinski definition) is 2. The van der Waals surface area contributed by atoms with Gasteiger partial charge in [0, 0.05) is 43.0 Å². The van der Waals surface area contributed by atoms with Gasteiger partial charge in [-0.15, -0.1) is 0 Å². The number of rotatable bonds is 4. The van der Waals surface area contributed by atoms with Crippen LogP contribution in [0.3, 0.4) is 0 Å². The molecule has 2 N–H and O–H groups in total. The first-order valence-corrected chi connectivity index (χ1v) is 9.85. The number of nitrogens with zero attached hydrogens (tertiary/aromatic N) is 1. The number of guanidine groups is 1. The Morgan fingerprint density at radius 2 is 2.12 bits per heavy atom. The van der Waals surface area contributed by atoms with E-state index in [1.165, 1.54) is 30.4 Å². The molecule has 1 aliphatic heterocycles. The number of benzene rings is 1. The summed E-state index contributed by atoms with van der Waals surface area (Å²) in [4.78, 5) is 4.95. The van der Waals surface area contributed by atoms with Gasteiger partial charge in [-0.25, -0.2) is 0 Å². The largest absolute Gasteiger partial charge is 0.377 e. The van der Waals surface area contributed by atoms with Crippen molar-refractivity contribution in [3.63, 3.8) is 0 Å². The molecule has 0 aromatic heterocycles. The summed E-state index contributed by atoms with van der Waals surface area (Å²) in [6.07, 6.45) is 3.99. The molecule has 0 radical (unpaired) electrons. The Kier molecular flexibility index (Phi) is 4.48. The van der Waals surface area contributed by atoms with Gasteiger partial charge in [0.25, 0.3) is 0 Å². The van der Waals surface area contributed by atoms with E-state index in [2.05, 4.69) is 55.7 Å². The highest BCUT2D eigenvalue weighted by Crippen LogP contribution is 2.52. The molecule has 0 spiro atoms. The van der Waals surface area contributed by atoms with Crippen molar-refractivity contribution in [3.05, 3.63) is 35.4 Å². The first-order chi connectivity index (χ1) is 12.1. The Labute approximate surface area is 151 Å². The second-order valence-corrected chi connectivity index (χ2v) is 8.34. The average molecular weight is 341 g/mol. The van der Waals surface area contributed by atoms with Gasteiger partial charge in [0.2, 0.25) is 0 Å². The minimum Gasteiger partial charge on any atom is -0.377 e. The molecular weight excluding hydrogens is 310 g/mol. The molecule has 4 unspecified atom stereocenters. The van der Waals surface area contributed by atoms with Gasteiger partial charge >= 0.3 is 0 Å². The lowest BCUT2D eigenvalue weighted by Gasteiger charge is -2.54. The highest BCUT2D eigenvalue weighted by atomic mass is 16.5. The number of aryl methyl sites for hydroxylation is 1. The second kappa shape index (κ2) is 6.64. The minimum atomic E-state index is 0.178. The van der Waals surface area contributed by atoms with Crippen LogP contribution in [0.25, 0.3) is 0 Å². The highest BCUT2D eigenvalue weighted by molar-refractivity contribution is 5.80. The SMILES string of the molecule is CCNC(=NCC1CCc2ccccc21)NC1C2CCOC2C1(C)C. The molecule has 136 valence electrons. The minimum absolute atomic E-state index is 0.178. The average Bonchev–Trinajstić information content (AvgIpc) is 3.23. The van der Waals surface area contributed by atoms with E-state index in [0.717, 1.165) is 25.7 Å². The van der Waals surface area contributed by atoms with E-state index in [9.17, 15) is 0 Å². The molecule has 4 rings (SSSR count). The van der Waals surface area contributed by atoms with Gasteiger partial charge in [0.15, 0.2) is 5.96 Å². The zero-order valence-corrected chi connectivity index (χ0v) is 15.7. The van der Waals surface area contributed by atoms with Gasteiger partial charge < -0.3 is 15.4 Å². The molecule has 4 heteroatoms. The predicted octanol–water partition coefficient (Wildman–Crippen LogP) is 3.09. The lowest BCUT2D eigenvalue weighted by Crippen LogP contribution is -2.68. The molecule has 1 saturated carbocycles. The topological polar surface area (TPSA) is 45.7 Å². The molecule has 25 heavy (non-hydrogen) atoms. The number of hydrogen-bond donors (Lipinski definition) is 2. The summed E-state index contributed by atoms with van der Waals surface area (Å²) in [6.45, 7) is 9.43. The summed E-state index contributed by atoms with van der Waals surface area (Å²) in [5, 5.41) is 7.17. The number of nitrogens with one attached hydrogen (secondary N) is 2. The van der Waals surface area contributed by atoms with E-state index in [1.54, 1.807) is 0 Å². The fourth-order valence-corrected chi connectivity index (χ4v) is 5.12. The van der Waals surface area contributed by atoms with Crippen LogP contribution in [0.2, 0.25) is 0 Å². The van der Waals surface area contributed by atoms with Gasteiger partial charge in [-0.1, -0.05) is 38.1 Å². The van der Waals surface area contributed by atoms with Crippen LogP contribution in [-0.4, -0.2) is 37.8 Å². The molecule has 0 amide bonds. The van der Waals surface area contributed by atoms with E-state index in [1.807, 2.05) is 0 Å². The summed E-state index contributed by atoms with van der Waals surface area (Å²) in [7, 11) is 0. The molecule has 2 aliphatic carbocycles. The fourth-order valence-electron chi connectivity index (χ4n) is 5.12. The van der Waals surface area contributed by atoms with Gasteiger partial charge in [-0.05, 0) is 37.3 Å². The quantitative estimate of drug-likeness (QED) is 0.653. The Hall–Kier alpha value is -1.55. The van der Waals surface area contributed by atoms with Crippen LogP contribution in [0.4, 0.5) is 0 Å². The van der Waals surface area contributed by atoms with Crippen molar-refractivity contribution >= 4 is 5.96 Å². The van der Waals surface area contributed by atoms with Crippen LogP contribution >= 0.6 is 0 Å². The Bertz CT molecular complexity index is 654. The normalized spacial score (nSPS) is 32.7. The predicted molar refractivity (Wildman–Crippen MR) is 102 cm³/mol. The van der Waals surface area contributed by atoms with Crippen LogP contribution in [-0.2, 0) is 11.2 Å². The van der Waals surface area contributed by atoms with Crippen molar-refractivity contribution in [1.82, 2.24) is 10.6 Å². The standard InChI is InChI=1S/C21H31N3O/c1-4-22-20(24-18-17-11-12-25-19(17)21(18,2)3)23-13-15-10-9-14-7-5-6-8-16(14)15/h5-8,15,17-19H,4,9-13H2,1-3H3,(H2,22,23,24). The number of aliphatic imine (C=N–C) groups is 1. The fraction of sp³-hybridized carbons (Fsp3) is 0.667. The van der Waals surface area contributed by atoms with Crippen molar-refractivity contribution in [2.24, 2.45) is 16.3 Å². The van der Waals surface area contributed by atoms with Gasteiger partial charge in [-0.2, -0.15) is 0 Å². The van der Waals surface area contributed by atoms with E-state index in [0.29, 0.717) is 24.0 Å². The third-order valence-corrected chi connectivity index (χ3v) is 6.46. The molecule has 3 aliphatic rings. The van der Waals surface area contributed by atoms with E-state index in [4.69, 9.17) is 9.73 Å². The third-order valence-electron chi connectivity index (χ3n) is 6.46. The first kappa shape index (κ1) is 16.9. The number of ether oxygens (including phenoxy) is 1. The molecule has 4 atom stereocenters. The van der Waals surface area contributed by atoms with Crippen LogP contribution in [0.15, 0.2) is 29.3 Å². The van der Waals surface area contributed by atoms with Crippen LogP contribution < -0.4 is 10.6 Å². The maximum absolute atomic E-state index is 5.92. The van der Waals surface area contributed by atoms with Crippen molar-refractivity contribution < 1.29 is 4.74 Å². The zero-order chi connectivity index (χ0) is 17.4. The second-order valence-electron chi connectivity index (χ2n) is 8.34. The van der Waals surface area contributed by atoms with Crippen LogP contribution in [0, 0.1) is 11.3 Å². The molecule has 0 bridgehead atoms. The molecule has 1 saturated heterocycles. The van der Waals surface area contributed by atoms with Gasteiger partial charge in [0.05, 0.1) is 6.10 Å². The van der Waals surface area contributed by atoms with Crippen LogP contribution in [0.5, 0.6) is 0 Å². The number of fused-ring (bicyclic) bond motifs is 2. The summed E-state index contributed by atoms with van der Waals surface area (Å²) in [5.41, 5.74) is 3.18. The smallest absolute Gasteiger partial charge is 0.191 e. The van der Waals surface area contributed by atoms with Crippen molar-refractivity contribution in [2.75, 3.05) is 19.7 Å². The molecule has 4 nitrogen and oxygen atoms in total. The van der Waals surface area contributed by atoms with E-state index >= 15 is 0 Å². The molecule has 1 aromatic rings. The van der Waals surface area contributed by atoms with Gasteiger partial charge in [0.1, 0.15) is 0 Å². The van der Waals surface area contributed by atoms with E-state index < -0.39 is 0 Å². The van der Waals surface area contributed by atoms with E-state index in [-0.39, 0.29) is 5.41 Å². The summed E-state index contributed by atoms with van der Waals surface area (Å²) >= 11 is 0. The first-order valence-electron chi connectivity index (χ1n) is 9.85.